The Morgan fingerprint density at radius 1 is 1.10 bits per heavy atom. The lowest BCUT2D eigenvalue weighted by Crippen LogP contribution is -2.24. The molecule has 1 aliphatic heterocycles. The molecule has 1 fully saturated rings. The van der Waals surface area contributed by atoms with Crippen LogP contribution in [0.1, 0.15) is 38.2 Å². The molecule has 21 heavy (non-hydrogen) atoms. The zero-order valence-electron chi connectivity index (χ0n) is 12.7. The lowest BCUT2D eigenvalue weighted by molar-refractivity contribution is 0.459. The van der Waals surface area contributed by atoms with E-state index in [0.29, 0.717) is 0 Å². The third-order valence-electron chi connectivity index (χ3n) is 4.79. The molecular weight excluding hydrogens is 256 g/mol. The Morgan fingerprint density at radius 3 is 2.67 bits per heavy atom. The van der Waals surface area contributed by atoms with E-state index >= 15 is 0 Å². The lowest BCUT2D eigenvalue weighted by atomic mass is 9.98. The van der Waals surface area contributed by atoms with Gasteiger partial charge in [-0.05, 0) is 37.3 Å². The van der Waals surface area contributed by atoms with Gasteiger partial charge in [0.1, 0.15) is 0 Å². The van der Waals surface area contributed by atoms with Crippen molar-refractivity contribution < 1.29 is 0 Å². The highest BCUT2D eigenvalue weighted by molar-refractivity contribution is 5.97. The molecule has 3 rings (SSSR count). The summed E-state index contributed by atoms with van der Waals surface area (Å²) in [6.45, 7) is 4.57. The third-order valence-corrected chi connectivity index (χ3v) is 4.79. The largest absolute Gasteiger partial charge is 0.371 e. The molecule has 2 aromatic rings. The number of nitrogens with zero attached hydrogens (tertiary/aromatic N) is 2. The second-order valence-corrected chi connectivity index (χ2v) is 5.98. The Bertz CT molecular complexity index is 669. The number of anilines is 1. The first kappa shape index (κ1) is 13.9. The van der Waals surface area contributed by atoms with Crippen molar-refractivity contribution in [2.75, 3.05) is 18.0 Å². The van der Waals surface area contributed by atoms with Crippen LogP contribution in [0.2, 0.25) is 0 Å². The van der Waals surface area contributed by atoms with E-state index in [4.69, 9.17) is 0 Å². The lowest BCUT2D eigenvalue weighted by Gasteiger charge is -2.25. The van der Waals surface area contributed by atoms with E-state index in [1.54, 1.807) is 0 Å². The molecule has 0 bridgehead atoms. The summed E-state index contributed by atoms with van der Waals surface area (Å²) in [5.74, 6) is 0.875. The van der Waals surface area contributed by atoms with Crippen LogP contribution in [-0.4, -0.2) is 13.1 Å². The van der Waals surface area contributed by atoms with Crippen LogP contribution in [0.5, 0.6) is 0 Å². The summed E-state index contributed by atoms with van der Waals surface area (Å²) >= 11 is 0. The molecule has 1 unspecified atom stereocenters. The molecule has 1 atom stereocenters. The summed E-state index contributed by atoms with van der Waals surface area (Å²) in [4.78, 5) is 2.51. The molecule has 0 aromatic heterocycles. The van der Waals surface area contributed by atoms with Crippen molar-refractivity contribution in [3.63, 3.8) is 0 Å². The molecule has 0 aliphatic carbocycles. The Balaban J connectivity index is 1.99. The zero-order valence-corrected chi connectivity index (χ0v) is 12.7. The van der Waals surface area contributed by atoms with Crippen LogP contribution < -0.4 is 4.90 Å². The predicted octanol–water partition coefficient (Wildman–Crippen LogP) is 4.73. The maximum atomic E-state index is 9.28. The van der Waals surface area contributed by atoms with Gasteiger partial charge in [0.15, 0.2) is 0 Å². The average Bonchev–Trinajstić information content (AvgIpc) is 2.79. The number of fused-ring (bicyclic) bond motifs is 1. The SMILES string of the molecule is CCC1CCCN(c2ccc(C#N)c3ccccc23)CC1. The number of nitriles is 1. The van der Waals surface area contributed by atoms with Crippen molar-refractivity contribution in [2.24, 2.45) is 5.92 Å². The van der Waals surface area contributed by atoms with Crippen molar-refractivity contribution in [3.05, 3.63) is 42.0 Å². The second kappa shape index (κ2) is 6.18. The van der Waals surface area contributed by atoms with E-state index in [0.717, 1.165) is 30.0 Å². The number of rotatable bonds is 2. The van der Waals surface area contributed by atoms with Crippen molar-refractivity contribution in [1.29, 1.82) is 5.26 Å². The smallest absolute Gasteiger partial charge is 0.0998 e. The molecule has 0 amide bonds. The standard InChI is InChI=1S/C19H22N2/c1-2-15-6-5-12-21(13-11-15)19-10-9-16(14-20)17-7-3-4-8-18(17)19/h3-4,7-10,15H,2,5-6,11-13H2,1H3. The minimum Gasteiger partial charge on any atom is -0.371 e. The number of hydrogen-bond donors (Lipinski definition) is 0. The Morgan fingerprint density at radius 2 is 1.90 bits per heavy atom. The number of hydrogen-bond acceptors (Lipinski definition) is 2. The van der Waals surface area contributed by atoms with Crippen LogP contribution in [0.15, 0.2) is 36.4 Å². The fourth-order valence-electron chi connectivity index (χ4n) is 3.47. The van der Waals surface area contributed by atoms with Crippen LogP contribution >= 0.6 is 0 Å². The summed E-state index contributed by atoms with van der Waals surface area (Å²) in [6, 6.07) is 14.7. The van der Waals surface area contributed by atoms with Crippen molar-refractivity contribution in [3.8, 4) is 6.07 Å². The molecule has 1 saturated heterocycles. The highest BCUT2D eigenvalue weighted by atomic mass is 15.1. The van der Waals surface area contributed by atoms with Gasteiger partial charge in [0, 0.05) is 29.5 Å². The van der Waals surface area contributed by atoms with Crippen LogP contribution in [-0.2, 0) is 0 Å². The Kier molecular flexibility index (Phi) is 4.10. The summed E-state index contributed by atoms with van der Waals surface area (Å²) in [7, 11) is 0. The van der Waals surface area contributed by atoms with Crippen LogP contribution in [0.4, 0.5) is 5.69 Å². The van der Waals surface area contributed by atoms with Gasteiger partial charge in [-0.15, -0.1) is 0 Å². The van der Waals surface area contributed by atoms with E-state index in [9.17, 15) is 5.26 Å². The zero-order chi connectivity index (χ0) is 14.7. The van der Waals surface area contributed by atoms with Gasteiger partial charge >= 0.3 is 0 Å². The van der Waals surface area contributed by atoms with E-state index in [-0.39, 0.29) is 0 Å². The molecule has 108 valence electrons. The van der Waals surface area contributed by atoms with Crippen molar-refractivity contribution >= 4 is 16.5 Å². The molecule has 0 N–H and O–H groups in total. The summed E-state index contributed by atoms with van der Waals surface area (Å²) in [5, 5.41) is 11.6. The Labute approximate surface area is 127 Å². The first-order valence-electron chi connectivity index (χ1n) is 8.00. The average molecular weight is 278 g/mol. The predicted molar refractivity (Wildman–Crippen MR) is 88.5 cm³/mol. The van der Waals surface area contributed by atoms with E-state index in [2.05, 4.69) is 42.2 Å². The van der Waals surface area contributed by atoms with Gasteiger partial charge in [0.25, 0.3) is 0 Å². The van der Waals surface area contributed by atoms with Crippen LogP contribution in [0, 0.1) is 17.2 Å². The van der Waals surface area contributed by atoms with Gasteiger partial charge in [-0.3, -0.25) is 0 Å². The summed E-state index contributed by atoms with van der Waals surface area (Å²) in [5.41, 5.74) is 2.07. The quantitative estimate of drug-likeness (QED) is 0.794. The van der Waals surface area contributed by atoms with E-state index < -0.39 is 0 Å². The van der Waals surface area contributed by atoms with Gasteiger partial charge in [-0.2, -0.15) is 5.26 Å². The third kappa shape index (κ3) is 2.74. The fraction of sp³-hybridized carbons (Fsp3) is 0.421. The van der Waals surface area contributed by atoms with Crippen molar-refractivity contribution in [1.82, 2.24) is 0 Å². The second-order valence-electron chi connectivity index (χ2n) is 5.98. The molecule has 0 radical (unpaired) electrons. The fourth-order valence-corrected chi connectivity index (χ4v) is 3.47. The van der Waals surface area contributed by atoms with Crippen molar-refractivity contribution in [2.45, 2.75) is 32.6 Å². The molecule has 0 saturated carbocycles. The van der Waals surface area contributed by atoms with Gasteiger partial charge in [0.2, 0.25) is 0 Å². The highest BCUT2D eigenvalue weighted by Crippen LogP contribution is 2.32. The Hall–Kier alpha value is -2.01. The molecule has 2 aromatic carbocycles. The van der Waals surface area contributed by atoms with Gasteiger partial charge in [0.05, 0.1) is 11.6 Å². The van der Waals surface area contributed by atoms with Crippen LogP contribution in [0.25, 0.3) is 10.8 Å². The maximum absolute atomic E-state index is 9.28. The van der Waals surface area contributed by atoms with E-state index in [1.807, 2.05) is 12.1 Å². The summed E-state index contributed by atoms with van der Waals surface area (Å²) in [6.07, 6.45) is 5.20. The normalized spacial score (nSPS) is 19.2. The topological polar surface area (TPSA) is 27.0 Å². The molecule has 2 nitrogen and oxygen atoms in total. The molecule has 1 aliphatic rings. The monoisotopic (exact) mass is 278 g/mol. The van der Waals surface area contributed by atoms with Gasteiger partial charge < -0.3 is 4.90 Å². The molecule has 2 heteroatoms. The summed E-state index contributed by atoms with van der Waals surface area (Å²) < 4.78 is 0. The minimum atomic E-state index is 0.774. The first-order chi connectivity index (χ1) is 10.3. The van der Waals surface area contributed by atoms with E-state index in [1.165, 1.54) is 36.8 Å². The molecule has 0 spiro atoms. The van der Waals surface area contributed by atoms with Crippen LogP contribution in [0.3, 0.4) is 0 Å². The highest BCUT2D eigenvalue weighted by Gasteiger charge is 2.18. The van der Waals surface area contributed by atoms with Gasteiger partial charge in [-0.1, -0.05) is 37.6 Å². The maximum Gasteiger partial charge on any atom is 0.0998 e. The molecular formula is C19H22N2. The minimum absolute atomic E-state index is 0.774. The first-order valence-corrected chi connectivity index (χ1v) is 8.00. The number of benzene rings is 2. The molecule has 1 heterocycles. The van der Waals surface area contributed by atoms with Gasteiger partial charge in [-0.25, -0.2) is 0 Å².